The summed E-state index contributed by atoms with van der Waals surface area (Å²) in [4.78, 5) is 3.46. The predicted octanol–water partition coefficient (Wildman–Crippen LogP) is -0.853. The Morgan fingerprint density at radius 1 is 1.67 bits per heavy atom. The van der Waals surface area contributed by atoms with Gasteiger partial charge >= 0.3 is 0 Å². The van der Waals surface area contributed by atoms with Crippen LogP contribution in [-0.2, 0) is 0 Å². The Hall–Kier alpha value is -0.380. The van der Waals surface area contributed by atoms with E-state index in [1.165, 1.54) is 0 Å². The average Bonchev–Trinajstić information content (AvgIpc) is 1.35. The first-order chi connectivity index (χ1) is 2.77. The maximum atomic E-state index is 4.88. The van der Waals surface area contributed by atoms with Gasteiger partial charge in [0.2, 0.25) is 0 Å². The van der Waals surface area contributed by atoms with Crippen molar-refractivity contribution in [3.63, 3.8) is 0 Å². The lowest BCUT2D eigenvalue weighted by Gasteiger charge is -1.82. The molecule has 36 valence electrons. The molecule has 0 radical (unpaired) electrons. The van der Waals surface area contributed by atoms with Crippen molar-refractivity contribution in [3.05, 3.63) is 0 Å². The van der Waals surface area contributed by atoms with Crippen LogP contribution >= 0.6 is 12.6 Å². The maximum Gasteiger partial charge on any atom is 0.186 e. The van der Waals surface area contributed by atoms with Crippen molar-refractivity contribution in [3.8, 4) is 0 Å². The van der Waals surface area contributed by atoms with Gasteiger partial charge in [0.15, 0.2) is 5.96 Å². The monoisotopic (exact) mass is 105 g/mol. The minimum Gasteiger partial charge on any atom is -0.370 e. The van der Waals surface area contributed by atoms with Crippen LogP contribution in [0, 0.1) is 0 Å². The Kier molecular flexibility index (Phi) is 2.66. The normalized spacial score (nSPS) is 7.50. The van der Waals surface area contributed by atoms with E-state index in [4.69, 9.17) is 11.5 Å². The van der Waals surface area contributed by atoms with E-state index in [-0.39, 0.29) is 5.96 Å². The Balaban J connectivity index is 3.14. The van der Waals surface area contributed by atoms with E-state index in [1.54, 1.807) is 0 Å². The minimum atomic E-state index is 0.0880. The van der Waals surface area contributed by atoms with Crippen LogP contribution in [0.3, 0.4) is 0 Å². The molecule has 0 aliphatic rings. The van der Waals surface area contributed by atoms with Crippen molar-refractivity contribution < 1.29 is 0 Å². The second-order valence-corrected chi connectivity index (χ2v) is 1.01. The molecular formula is C2H7N3S. The zero-order chi connectivity index (χ0) is 4.99. The van der Waals surface area contributed by atoms with Crippen LogP contribution in [0.15, 0.2) is 4.99 Å². The fourth-order valence-electron chi connectivity index (χ4n) is 0.0816. The quantitative estimate of drug-likeness (QED) is 0.231. The highest BCUT2D eigenvalue weighted by Gasteiger charge is 1.68. The Labute approximate surface area is 41.8 Å². The smallest absolute Gasteiger partial charge is 0.186 e. The molecule has 0 aromatic rings. The molecule has 0 aromatic heterocycles. The number of guanidine groups is 1. The maximum absolute atomic E-state index is 4.88. The molecule has 0 amide bonds. The molecule has 0 aliphatic heterocycles. The molecular weight excluding hydrogens is 98.1 g/mol. The van der Waals surface area contributed by atoms with Crippen LogP contribution in [0.1, 0.15) is 0 Å². The number of rotatable bonds is 1. The lowest BCUT2D eigenvalue weighted by atomic mass is 11.1. The SMILES string of the molecule is NC(N)=NCS. The first-order valence-corrected chi connectivity index (χ1v) is 2.07. The molecule has 0 rings (SSSR count). The van der Waals surface area contributed by atoms with E-state index in [9.17, 15) is 0 Å². The molecule has 0 fully saturated rings. The second kappa shape index (κ2) is 2.84. The summed E-state index contributed by atoms with van der Waals surface area (Å²) in [6.45, 7) is 0. The van der Waals surface area contributed by atoms with Gasteiger partial charge in [0.05, 0.1) is 5.88 Å². The summed E-state index contributed by atoms with van der Waals surface area (Å²) in [5, 5.41) is 0. The molecule has 3 nitrogen and oxygen atoms in total. The number of hydrogen-bond acceptors (Lipinski definition) is 2. The van der Waals surface area contributed by atoms with Gasteiger partial charge < -0.3 is 11.5 Å². The summed E-state index contributed by atoms with van der Waals surface area (Å²) >= 11 is 3.71. The van der Waals surface area contributed by atoms with Crippen molar-refractivity contribution in [1.29, 1.82) is 0 Å². The van der Waals surface area contributed by atoms with Gasteiger partial charge in [0, 0.05) is 0 Å². The fraction of sp³-hybridized carbons (Fsp3) is 0.500. The number of hydrogen-bond donors (Lipinski definition) is 3. The summed E-state index contributed by atoms with van der Waals surface area (Å²) in [6, 6.07) is 0. The molecule has 0 aliphatic carbocycles. The van der Waals surface area contributed by atoms with Gasteiger partial charge in [0.1, 0.15) is 0 Å². The number of nitrogens with zero attached hydrogens (tertiary/aromatic N) is 1. The number of nitrogens with two attached hydrogens (primary N) is 2. The zero-order valence-electron chi connectivity index (χ0n) is 3.26. The molecule has 0 atom stereocenters. The highest BCUT2D eigenvalue weighted by Crippen LogP contribution is 1.68. The van der Waals surface area contributed by atoms with Gasteiger partial charge in [0.25, 0.3) is 0 Å². The summed E-state index contributed by atoms with van der Waals surface area (Å²) in [7, 11) is 0. The first-order valence-electron chi connectivity index (χ1n) is 1.43. The number of thiol groups is 1. The minimum absolute atomic E-state index is 0.0880. The summed E-state index contributed by atoms with van der Waals surface area (Å²) in [5.41, 5.74) is 9.76. The fourth-order valence-corrected chi connectivity index (χ4v) is 0.245. The Morgan fingerprint density at radius 2 is 2.17 bits per heavy atom. The summed E-state index contributed by atoms with van der Waals surface area (Å²) in [6.07, 6.45) is 0. The predicted molar refractivity (Wildman–Crippen MR) is 29.7 cm³/mol. The van der Waals surface area contributed by atoms with Crippen LogP contribution in [0.25, 0.3) is 0 Å². The Morgan fingerprint density at radius 3 is 2.17 bits per heavy atom. The Bertz CT molecular complexity index is 55.8. The first kappa shape index (κ1) is 5.62. The van der Waals surface area contributed by atoms with Gasteiger partial charge in [-0.15, -0.1) is 0 Å². The van der Waals surface area contributed by atoms with Gasteiger partial charge in [-0.05, 0) is 0 Å². The molecule has 0 saturated heterocycles. The van der Waals surface area contributed by atoms with Gasteiger partial charge in [-0.25, -0.2) is 4.99 Å². The van der Waals surface area contributed by atoms with Crippen LogP contribution in [0.4, 0.5) is 0 Å². The van der Waals surface area contributed by atoms with Crippen LogP contribution in [0.2, 0.25) is 0 Å². The molecule has 0 bridgehead atoms. The molecule has 0 heterocycles. The van der Waals surface area contributed by atoms with Gasteiger partial charge in [-0.2, -0.15) is 12.6 Å². The third-order valence-electron chi connectivity index (χ3n) is 0.253. The van der Waals surface area contributed by atoms with E-state index >= 15 is 0 Å². The van der Waals surface area contributed by atoms with Crippen molar-refractivity contribution in [1.82, 2.24) is 0 Å². The van der Waals surface area contributed by atoms with E-state index < -0.39 is 0 Å². The third-order valence-corrected chi connectivity index (χ3v) is 0.395. The van der Waals surface area contributed by atoms with E-state index in [2.05, 4.69) is 17.6 Å². The molecule has 0 aromatic carbocycles. The zero-order valence-corrected chi connectivity index (χ0v) is 4.15. The number of aliphatic imine (C=N–C) groups is 1. The van der Waals surface area contributed by atoms with Crippen molar-refractivity contribution in [2.45, 2.75) is 0 Å². The summed E-state index contributed by atoms with van der Waals surface area (Å²) < 4.78 is 0. The third kappa shape index (κ3) is 3.62. The summed E-state index contributed by atoms with van der Waals surface area (Å²) in [5.74, 6) is 0.451. The van der Waals surface area contributed by atoms with E-state index in [0.717, 1.165) is 0 Å². The van der Waals surface area contributed by atoms with Gasteiger partial charge in [-0.1, -0.05) is 0 Å². The highest BCUT2D eigenvalue weighted by atomic mass is 32.1. The topological polar surface area (TPSA) is 64.4 Å². The lowest BCUT2D eigenvalue weighted by molar-refractivity contribution is 1.32. The second-order valence-electron chi connectivity index (χ2n) is 0.724. The molecule has 0 unspecified atom stereocenters. The van der Waals surface area contributed by atoms with E-state index in [1.807, 2.05) is 0 Å². The highest BCUT2D eigenvalue weighted by molar-refractivity contribution is 7.80. The van der Waals surface area contributed by atoms with E-state index in [0.29, 0.717) is 5.88 Å². The van der Waals surface area contributed by atoms with Crippen molar-refractivity contribution in [2.24, 2.45) is 16.5 Å². The molecule has 4 N–H and O–H groups in total. The standard InChI is InChI=1S/C2H7N3S/c3-2(4)5-1-6/h6H,1H2,(H4,3,4,5). The molecule has 0 saturated carbocycles. The largest absolute Gasteiger partial charge is 0.370 e. The lowest BCUT2D eigenvalue weighted by Crippen LogP contribution is -2.22. The average molecular weight is 105 g/mol. The van der Waals surface area contributed by atoms with Crippen LogP contribution in [-0.4, -0.2) is 11.8 Å². The van der Waals surface area contributed by atoms with Crippen molar-refractivity contribution in [2.75, 3.05) is 5.88 Å². The van der Waals surface area contributed by atoms with Gasteiger partial charge in [-0.3, -0.25) is 0 Å². The van der Waals surface area contributed by atoms with Crippen molar-refractivity contribution >= 4 is 18.6 Å². The molecule has 6 heavy (non-hydrogen) atoms. The van der Waals surface area contributed by atoms with Crippen LogP contribution < -0.4 is 11.5 Å². The molecule has 0 spiro atoms. The van der Waals surface area contributed by atoms with Crippen LogP contribution in [0.5, 0.6) is 0 Å². The molecule has 4 heteroatoms.